The van der Waals surface area contributed by atoms with Gasteiger partial charge in [-0.1, -0.05) is 11.2 Å². The van der Waals surface area contributed by atoms with Gasteiger partial charge in [-0.2, -0.15) is 5.26 Å². The maximum atomic E-state index is 11.5. The lowest BCUT2D eigenvalue weighted by molar-refractivity contribution is -0.123. The first-order chi connectivity index (χ1) is 9.58. The normalized spacial score (nSPS) is 10.8. The van der Waals surface area contributed by atoms with Crippen molar-refractivity contribution in [3.05, 3.63) is 29.3 Å². The van der Waals surface area contributed by atoms with Crippen molar-refractivity contribution in [1.82, 2.24) is 5.32 Å². The predicted octanol–water partition coefficient (Wildman–Crippen LogP) is 1.60. The highest BCUT2D eigenvalue weighted by Gasteiger charge is 2.10. The molecule has 0 unspecified atom stereocenters. The van der Waals surface area contributed by atoms with Gasteiger partial charge in [0, 0.05) is 12.1 Å². The second kappa shape index (κ2) is 7.79. The number of hydrogen-bond donors (Lipinski definition) is 2. The third-order valence-corrected chi connectivity index (χ3v) is 2.59. The number of nitrogens with one attached hydrogen (secondary N) is 1. The van der Waals surface area contributed by atoms with E-state index in [2.05, 4.69) is 10.5 Å². The molecule has 0 heterocycles. The molecule has 6 nitrogen and oxygen atoms in total. The molecule has 20 heavy (non-hydrogen) atoms. The zero-order chi connectivity index (χ0) is 15.0. The Balaban J connectivity index is 2.70. The summed E-state index contributed by atoms with van der Waals surface area (Å²) in [7, 11) is 0. The number of nitriles is 1. The van der Waals surface area contributed by atoms with Gasteiger partial charge in [0.2, 0.25) is 0 Å². The molecule has 1 rings (SSSR count). The lowest BCUT2D eigenvalue weighted by atomic mass is 10.1. The number of aryl methyl sites for hydroxylation is 1. The van der Waals surface area contributed by atoms with E-state index >= 15 is 0 Å². The van der Waals surface area contributed by atoms with E-state index in [1.807, 2.05) is 19.1 Å². The summed E-state index contributed by atoms with van der Waals surface area (Å²) in [6.45, 7) is 3.69. The molecule has 0 saturated carbocycles. The van der Waals surface area contributed by atoms with Gasteiger partial charge in [0.05, 0.1) is 18.2 Å². The van der Waals surface area contributed by atoms with E-state index in [0.29, 0.717) is 23.6 Å². The van der Waals surface area contributed by atoms with Gasteiger partial charge in [-0.15, -0.1) is 0 Å². The van der Waals surface area contributed by atoms with Crippen molar-refractivity contribution in [1.29, 1.82) is 5.26 Å². The average Bonchev–Trinajstić information content (AvgIpc) is 2.44. The van der Waals surface area contributed by atoms with Crippen LogP contribution >= 0.6 is 0 Å². The van der Waals surface area contributed by atoms with Crippen molar-refractivity contribution in [3.8, 4) is 11.8 Å². The highest BCUT2D eigenvalue weighted by molar-refractivity contribution is 6.00. The van der Waals surface area contributed by atoms with Crippen molar-refractivity contribution in [2.75, 3.05) is 13.2 Å². The number of benzene rings is 1. The fourth-order valence-electron chi connectivity index (χ4n) is 1.55. The molecule has 0 saturated heterocycles. The molecule has 2 N–H and O–H groups in total. The maximum Gasteiger partial charge on any atom is 0.257 e. The molecule has 0 atom stereocenters. The second-order valence-corrected chi connectivity index (χ2v) is 4.23. The van der Waals surface area contributed by atoms with Gasteiger partial charge in [0.15, 0.2) is 6.61 Å². The highest BCUT2D eigenvalue weighted by Crippen LogP contribution is 2.21. The van der Waals surface area contributed by atoms with Gasteiger partial charge in [-0.3, -0.25) is 4.79 Å². The van der Waals surface area contributed by atoms with Gasteiger partial charge in [0.25, 0.3) is 5.91 Å². The van der Waals surface area contributed by atoms with Gasteiger partial charge in [-0.05, 0) is 31.5 Å². The Morgan fingerprint density at radius 1 is 1.55 bits per heavy atom. The largest absolute Gasteiger partial charge is 0.483 e. The van der Waals surface area contributed by atoms with Crippen LogP contribution < -0.4 is 10.1 Å². The minimum atomic E-state index is -0.300. The molecule has 0 radical (unpaired) electrons. The van der Waals surface area contributed by atoms with Gasteiger partial charge >= 0.3 is 0 Å². The van der Waals surface area contributed by atoms with E-state index in [1.54, 1.807) is 19.1 Å². The third kappa shape index (κ3) is 4.61. The van der Waals surface area contributed by atoms with Crippen LogP contribution in [0.3, 0.4) is 0 Å². The van der Waals surface area contributed by atoms with Gasteiger partial charge in [-0.25, -0.2) is 0 Å². The molecule has 0 bridgehead atoms. The molecule has 0 aliphatic heterocycles. The van der Waals surface area contributed by atoms with E-state index in [0.717, 1.165) is 5.56 Å². The second-order valence-electron chi connectivity index (χ2n) is 4.23. The molecule has 0 fully saturated rings. The first-order valence-corrected chi connectivity index (χ1v) is 6.14. The van der Waals surface area contributed by atoms with E-state index in [-0.39, 0.29) is 18.9 Å². The van der Waals surface area contributed by atoms with E-state index in [4.69, 9.17) is 15.2 Å². The Kier molecular flexibility index (Phi) is 6.04. The predicted molar refractivity (Wildman–Crippen MR) is 73.9 cm³/mol. The van der Waals surface area contributed by atoms with Crippen molar-refractivity contribution in [2.45, 2.75) is 20.3 Å². The summed E-state index contributed by atoms with van der Waals surface area (Å²) >= 11 is 0. The zero-order valence-corrected chi connectivity index (χ0v) is 11.5. The average molecular weight is 275 g/mol. The zero-order valence-electron chi connectivity index (χ0n) is 11.5. The number of oxime groups is 1. The topological polar surface area (TPSA) is 94.7 Å². The summed E-state index contributed by atoms with van der Waals surface area (Å²) in [5.74, 6) is 0.182. The number of rotatable bonds is 6. The lowest BCUT2D eigenvalue weighted by Gasteiger charge is -2.11. The van der Waals surface area contributed by atoms with E-state index in [1.165, 1.54) is 0 Å². The Morgan fingerprint density at radius 2 is 2.30 bits per heavy atom. The van der Waals surface area contributed by atoms with Crippen LogP contribution in [0.2, 0.25) is 0 Å². The van der Waals surface area contributed by atoms with Crippen molar-refractivity contribution < 1.29 is 14.7 Å². The number of carbonyl (C=O) groups is 1. The molecule has 0 aliphatic rings. The number of amides is 1. The fourth-order valence-corrected chi connectivity index (χ4v) is 1.55. The number of hydrogen-bond acceptors (Lipinski definition) is 5. The van der Waals surface area contributed by atoms with Crippen molar-refractivity contribution >= 4 is 11.6 Å². The van der Waals surface area contributed by atoms with Crippen LogP contribution in [0.1, 0.15) is 24.5 Å². The molecule has 6 heteroatoms. The Morgan fingerprint density at radius 3 is 2.95 bits per heavy atom. The van der Waals surface area contributed by atoms with Crippen LogP contribution in [-0.2, 0) is 4.79 Å². The Bertz CT molecular complexity index is 547. The molecule has 1 aromatic rings. The maximum absolute atomic E-state index is 11.5. The first-order valence-electron chi connectivity index (χ1n) is 6.14. The highest BCUT2D eigenvalue weighted by atomic mass is 16.5. The molecule has 1 aromatic carbocycles. The smallest absolute Gasteiger partial charge is 0.257 e. The Labute approximate surface area is 117 Å². The number of ether oxygens (including phenoxy) is 1. The molecule has 0 aliphatic carbocycles. The number of carbonyl (C=O) groups excluding carboxylic acids is 1. The molecule has 0 aromatic heterocycles. The van der Waals surface area contributed by atoms with Gasteiger partial charge < -0.3 is 15.3 Å². The van der Waals surface area contributed by atoms with E-state index in [9.17, 15) is 4.79 Å². The van der Waals surface area contributed by atoms with Crippen molar-refractivity contribution in [2.24, 2.45) is 5.16 Å². The van der Waals surface area contributed by atoms with E-state index < -0.39 is 0 Å². The monoisotopic (exact) mass is 275 g/mol. The van der Waals surface area contributed by atoms with Crippen LogP contribution in [0.15, 0.2) is 23.4 Å². The molecule has 106 valence electrons. The summed E-state index contributed by atoms with van der Waals surface area (Å²) in [6.07, 6.45) is 0.262. The third-order valence-electron chi connectivity index (χ3n) is 2.59. The standard InChI is InChI=1S/C14H17N3O3/c1-10-4-5-12(11(2)17-19)13(8-10)20-9-14(18)16-7-3-6-15/h4-5,8,19H,3,7,9H2,1-2H3,(H,16,18). The Hall–Kier alpha value is -2.55. The van der Waals surface area contributed by atoms with Crippen LogP contribution in [0.5, 0.6) is 5.75 Å². The molecular weight excluding hydrogens is 258 g/mol. The fraction of sp³-hybridized carbons (Fsp3) is 0.357. The summed E-state index contributed by atoms with van der Waals surface area (Å²) in [6, 6.07) is 7.34. The number of nitrogens with zero attached hydrogens (tertiary/aromatic N) is 2. The molecule has 1 amide bonds. The minimum absolute atomic E-state index is 0.152. The summed E-state index contributed by atoms with van der Waals surface area (Å²) < 4.78 is 5.45. The van der Waals surface area contributed by atoms with Gasteiger partial charge in [0.1, 0.15) is 5.75 Å². The quantitative estimate of drug-likeness (QED) is 0.357. The summed E-state index contributed by atoms with van der Waals surface area (Å²) in [4.78, 5) is 11.5. The van der Waals surface area contributed by atoms with Crippen LogP contribution in [0, 0.1) is 18.3 Å². The molecular formula is C14H17N3O3. The van der Waals surface area contributed by atoms with Crippen LogP contribution in [0.4, 0.5) is 0 Å². The lowest BCUT2D eigenvalue weighted by Crippen LogP contribution is -2.29. The summed E-state index contributed by atoms with van der Waals surface area (Å²) in [5, 5.41) is 22.9. The van der Waals surface area contributed by atoms with Crippen LogP contribution in [-0.4, -0.2) is 30.0 Å². The van der Waals surface area contributed by atoms with Crippen molar-refractivity contribution in [3.63, 3.8) is 0 Å². The molecule has 0 spiro atoms. The summed E-state index contributed by atoms with van der Waals surface area (Å²) in [5.41, 5.74) is 2.01. The van der Waals surface area contributed by atoms with Crippen LogP contribution in [0.25, 0.3) is 0 Å². The minimum Gasteiger partial charge on any atom is -0.483 e. The SMILES string of the molecule is CC(=NO)c1ccc(C)cc1OCC(=O)NCCC#N. The first kappa shape index (κ1) is 15.5.